The van der Waals surface area contributed by atoms with Gasteiger partial charge in [-0.15, -0.1) is 0 Å². The van der Waals surface area contributed by atoms with Crippen molar-refractivity contribution < 1.29 is 0 Å². The first-order valence-electron chi connectivity index (χ1n) is 6.86. The Morgan fingerprint density at radius 1 is 1.41 bits per heavy atom. The van der Waals surface area contributed by atoms with Gasteiger partial charge in [0.05, 0.1) is 6.20 Å². The first-order chi connectivity index (χ1) is 8.19. The van der Waals surface area contributed by atoms with Gasteiger partial charge in [-0.1, -0.05) is 13.3 Å². The molecule has 3 heteroatoms. The van der Waals surface area contributed by atoms with Crippen LogP contribution in [-0.2, 0) is 13.5 Å². The molecule has 3 unspecified atom stereocenters. The molecule has 1 aliphatic rings. The Hall–Kier alpha value is -0.830. The molecule has 1 aromatic heterocycles. The molecule has 1 fully saturated rings. The van der Waals surface area contributed by atoms with Gasteiger partial charge in [0.1, 0.15) is 0 Å². The van der Waals surface area contributed by atoms with Crippen LogP contribution in [0.3, 0.4) is 0 Å². The second-order valence-corrected chi connectivity index (χ2v) is 5.74. The highest BCUT2D eigenvalue weighted by atomic mass is 15.2. The smallest absolute Gasteiger partial charge is 0.0521 e. The number of nitrogens with two attached hydrogens (primary N) is 1. The highest BCUT2D eigenvalue weighted by Crippen LogP contribution is 2.35. The molecule has 0 radical (unpaired) electrons. The van der Waals surface area contributed by atoms with Gasteiger partial charge in [-0.25, -0.2) is 0 Å². The second kappa shape index (κ2) is 5.67. The van der Waals surface area contributed by atoms with E-state index in [-0.39, 0.29) is 0 Å². The van der Waals surface area contributed by atoms with Crippen LogP contribution in [0.1, 0.15) is 38.2 Å². The molecule has 0 saturated heterocycles. The topological polar surface area (TPSA) is 43.8 Å². The molecular formula is C14H25N3. The fraction of sp³-hybridized carbons (Fsp3) is 0.786. The van der Waals surface area contributed by atoms with Gasteiger partial charge in [-0.3, -0.25) is 4.68 Å². The van der Waals surface area contributed by atoms with E-state index in [4.69, 9.17) is 5.73 Å². The molecule has 17 heavy (non-hydrogen) atoms. The highest BCUT2D eigenvalue weighted by Gasteiger charge is 2.27. The molecule has 96 valence electrons. The van der Waals surface area contributed by atoms with Crippen molar-refractivity contribution in [1.82, 2.24) is 9.78 Å². The number of rotatable bonds is 4. The summed E-state index contributed by atoms with van der Waals surface area (Å²) in [5.41, 5.74) is 7.26. The molecule has 1 aliphatic carbocycles. The maximum atomic E-state index is 5.90. The number of aryl methyl sites for hydroxylation is 2. The van der Waals surface area contributed by atoms with Crippen LogP contribution in [-0.4, -0.2) is 16.3 Å². The van der Waals surface area contributed by atoms with Crippen molar-refractivity contribution in [3.05, 3.63) is 18.0 Å². The zero-order valence-electron chi connectivity index (χ0n) is 11.1. The predicted octanol–water partition coefficient (Wildman–Crippen LogP) is 2.36. The van der Waals surface area contributed by atoms with Crippen LogP contribution >= 0.6 is 0 Å². The molecule has 0 aromatic carbocycles. The third-order valence-electron chi connectivity index (χ3n) is 4.27. The average molecular weight is 235 g/mol. The Balaban J connectivity index is 1.87. The van der Waals surface area contributed by atoms with Gasteiger partial charge >= 0.3 is 0 Å². The van der Waals surface area contributed by atoms with Crippen molar-refractivity contribution in [1.29, 1.82) is 0 Å². The SMILES string of the molecule is CC1CCC(CN)C(CCc2cnn(C)c2)C1. The first kappa shape index (κ1) is 12.6. The molecule has 0 amide bonds. The van der Waals surface area contributed by atoms with Gasteiger partial charge in [0.15, 0.2) is 0 Å². The molecular weight excluding hydrogens is 210 g/mol. The van der Waals surface area contributed by atoms with E-state index in [1.807, 2.05) is 17.9 Å². The summed E-state index contributed by atoms with van der Waals surface area (Å²) in [5.74, 6) is 2.46. The normalized spacial score (nSPS) is 29.5. The van der Waals surface area contributed by atoms with Crippen molar-refractivity contribution in [2.75, 3.05) is 6.54 Å². The van der Waals surface area contributed by atoms with Crippen molar-refractivity contribution in [2.24, 2.45) is 30.5 Å². The van der Waals surface area contributed by atoms with Crippen LogP contribution in [0.4, 0.5) is 0 Å². The van der Waals surface area contributed by atoms with E-state index >= 15 is 0 Å². The fourth-order valence-electron chi connectivity index (χ4n) is 3.18. The van der Waals surface area contributed by atoms with E-state index in [1.54, 1.807) is 0 Å². The van der Waals surface area contributed by atoms with Gasteiger partial charge in [0.2, 0.25) is 0 Å². The van der Waals surface area contributed by atoms with Gasteiger partial charge < -0.3 is 5.73 Å². The summed E-state index contributed by atoms with van der Waals surface area (Å²) in [6.45, 7) is 3.24. The average Bonchev–Trinajstić information content (AvgIpc) is 2.73. The van der Waals surface area contributed by atoms with Crippen LogP contribution in [0.25, 0.3) is 0 Å². The Morgan fingerprint density at radius 2 is 2.24 bits per heavy atom. The van der Waals surface area contributed by atoms with Crippen molar-refractivity contribution in [3.8, 4) is 0 Å². The summed E-state index contributed by atoms with van der Waals surface area (Å²) in [6, 6.07) is 0. The third kappa shape index (κ3) is 3.32. The van der Waals surface area contributed by atoms with E-state index in [1.165, 1.54) is 31.2 Å². The summed E-state index contributed by atoms with van der Waals surface area (Å²) < 4.78 is 1.89. The minimum Gasteiger partial charge on any atom is -0.330 e. The lowest BCUT2D eigenvalue weighted by atomic mass is 9.72. The molecule has 1 heterocycles. The van der Waals surface area contributed by atoms with Crippen LogP contribution in [0.5, 0.6) is 0 Å². The summed E-state index contributed by atoms with van der Waals surface area (Å²) >= 11 is 0. The van der Waals surface area contributed by atoms with Crippen molar-refractivity contribution in [2.45, 2.75) is 39.0 Å². The van der Waals surface area contributed by atoms with Gasteiger partial charge in [0.25, 0.3) is 0 Å². The molecule has 1 aromatic rings. The molecule has 2 N–H and O–H groups in total. The molecule has 1 saturated carbocycles. The number of aromatic nitrogens is 2. The first-order valence-corrected chi connectivity index (χ1v) is 6.86. The van der Waals surface area contributed by atoms with Crippen LogP contribution in [0, 0.1) is 17.8 Å². The second-order valence-electron chi connectivity index (χ2n) is 5.74. The van der Waals surface area contributed by atoms with Gasteiger partial charge in [-0.2, -0.15) is 5.10 Å². The number of hydrogen-bond donors (Lipinski definition) is 1. The summed E-state index contributed by atoms with van der Waals surface area (Å²) in [7, 11) is 1.98. The van der Waals surface area contributed by atoms with Gasteiger partial charge in [-0.05, 0) is 55.5 Å². The molecule has 0 bridgehead atoms. The minimum atomic E-state index is 0.753. The molecule has 3 atom stereocenters. The highest BCUT2D eigenvalue weighted by molar-refractivity contribution is 5.04. The van der Waals surface area contributed by atoms with Gasteiger partial charge in [0, 0.05) is 13.2 Å². The third-order valence-corrected chi connectivity index (χ3v) is 4.27. The van der Waals surface area contributed by atoms with Crippen LogP contribution < -0.4 is 5.73 Å². The molecule has 0 spiro atoms. The largest absolute Gasteiger partial charge is 0.330 e. The Morgan fingerprint density at radius 3 is 2.88 bits per heavy atom. The van der Waals surface area contributed by atoms with E-state index in [9.17, 15) is 0 Å². The zero-order chi connectivity index (χ0) is 12.3. The fourth-order valence-corrected chi connectivity index (χ4v) is 3.18. The molecule has 2 rings (SSSR count). The lowest BCUT2D eigenvalue weighted by Gasteiger charge is -2.34. The molecule has 3 nitrogen and oxygen atoms in total. The summed E-state index contributed by atoms with van der Waals surface area (Å²) in [4.78, 5) is 0. The Kier molecular flexibility index (Phi) is 4.21. The van der Waals surface area contributed by atoms with E-state index in [0.29, 0.717) is 0 Å². The van der Waals surface area contributed by atoms with E-state index in [0.717, 1.165) is 30.7 Å². The minimum absolute atomic E-state index is 0.753. The van der Waals surface area contributed by atoms with Crippen molar-refractivity contribution in [3.63, 3.8) is 0 Å². The lowest BCUT2D eigenvalue weighted by Crippen LogP contribution is -2.30. The summed E-state index contributed by atoms with van der Waals surface area (Å²) in [5, 5.41) is 4.23. The van der Waals surface area contributed by atoms with E-state index in [2.05, 4.69) is 18.2 Å². The number of nitrogens with zero attached hydrogens (tertiary/aromatic N) is 2. The number of hydrogen-bond acceptors (Lipinski definition) is 2. The standard InChI is InChI=1S/C14H25N3/c1-11-3-5-14(8-15)13(7-11)6-4-12-9-16-17(2)10-12/h9-11,13-14H,3-8,15H2,1-2H3. The maximum Gasteiger partial charge on any atom is 0.0521 e. The monoisotopic (exact) mass is 235 g/mol. The van der Waals surface area contributed by atoms with Crippen molar-refractivity contribution >= 4 is 0 Å². The van der Waals surface area contributed by atoms with E-state index < -0.39 is 0 Å². The Bertz CT molecular complexity index is 345. The maximum absolute atomic E-state index is 5.90. The summed E-state index contributed by atoms with van der Waals surface area (Å²) in [6.07, 6.45) is 10.6. The van der Waals surface area contributed by atoms with Crippen LogP contribution in [0.15, 0.2) is 12.4 Å². The Labute approximate surface area is 104 Å². The quantitative estimate of drug-likeness (QED) is 0.870. The zero-order valence-corrected chi connectivity index (χ0v) is 11.1. The predicted molar refractivity (Wildman–Crippen MR) is 70.6 cm³/mol. The lowest BCUT2D eigenvalue weighted by molar-refractivity contribution is 0.184. The van der Waals surface area contributed by atoms with Crippen LogP contribution in [0.2, 0.25) is 0 Å². The molecule has 0 aliphatic heterocycles.